The highest BCUT2D eigenvalue weighted by molar-refractivity contribution is 6.60. The van der Waals surface area contributed by atoms with E-state index in [-0.39, 0.29) is 10.6 Å². The third-order valence-corrected chi connectivity index (χ3v) is 4.65. The third kappa shape index (κ3) is 3.24. The van der Waals surface area contributed by atoms with Crippen LogP contribution in [0.1, 0.15) is 5.56 Å². The molecule has 3 rings (SSSR count). The summed E-state index contributed by atoms with van der Waals surface area (Å²) in [7, 11) is 6.78. The lowest BCUT2D eigenvalue weighted by atomic mass is 10.1. The van der Waals surface area contributed by atoms with Gasteiger partial charge in [-0.15, -0.1) is 0 Å². The second kappa shape index (κ2) is 7.32. The largest absolute Gasteiger partial charge is 0.493 e. The molecule has 0 saturated heterocycles. The Kier molecular flexibility index (Phi) is 5.10. The molecule has 0 radical (unpaired) electrons. The van der Waals surface area contributed by atoms with Crippen molar-refractivity contribution in [3.8, 4) is 11.5 Å². The molecule has 2 amide bonds. The van der Waals surface area contributed by atoms with Gasteiger partial charge >= 0.3 is 0 Å². The van der Waals surface area contributed by atoms with Gasteiger partial charge in [0.15, 0.2) is 11.5 Å². The SMILES string of the molecule is COc1ccc(C2=C(Cl)C(=O)N(c3cccc(N(C)C)c3)C2=O)cc1OC. The molecule has 27 heavy (non-hydrogen) atoms. The average Bonchev–Trinajstić information content (AvgIpc) is 2.90. The molecule has 0 aliphatic carbocycles. The van der Waals surface area contributed by atoms with E-state index in [1.165, 1.54) is 14.2 Å². The molecule has 0 spiro atoms. The Hall–Kier alpha value is -2.99. The van der Waals surface area contributed by atoms with Crippen LogP contribution in [0.5, 0.6) is 11.5 Å². The van der Waals surface area contributed by atoms with E-state index in [1.807, 2.05) is 25.1 Å². The maximum atomic E-state index is 13.0. The van der Waals surface area contributed by atoms with E-state index in [0.717, 1.165) is 10.6 Å². The minimum Gasteiger partial charge on any atom is -0.493 e. The number of benzene rings is 2. The van der Waals surface area contributed by atoms with Crippen molar-refractivity contribution in [1.82, 2.24) is 0 Å². The van der Waals surface area contributed by atoms with E-state index in [0.29, 0.717) is 22.7 Å². The van der Waals surface area contributed by atoms with Crippen LogP contribution in [-0.4, -0.2) is 40.1 Å². The number of imide groups is 1. The topological polar surface area (TPSA) is 59.1 Å². The number of rotatable bonds is 5. The van der Waals surface area contributed by atoms with Gasteiger partial charge in [-0.25, -0.2) is 4.90 Å². The zero-order valence-electron chi connectivity index (χ0n) is 15.4. The van der Waals surface area contributed by atoms with Crippen LogP contribution in [0.25, 0.3) is 5.57 Å². The number of nitrogens with zero attached hydrogens (tertiary/aromatic N) is 2. The molecule has 0 unspecified atom stereocenters. The van der Waals surface area contributed by atoms with Gasteiger partial charge in [-0.1, -0.05) is 23.7 Å². The Labute approximate surface area is 162 Å². The van der Waals surface area contributed by atoms with Crippen molar-refractivity contribution in [1.29, 1.82) is 0 Å². The summed E-state index contributed by atoms with van der Waals surface area (Å²) in [5.74, 6) is -0.0685. The Morgan fingerprint density at radius 3 is 2.26 bits per heavy atom. The molecular formula is C20H19ClN2O4. The number of carbonyl (C=O) groups is 2. The molecular weight excluding hydrogens is 368 g/mol. The molecule has 1 heterocycles. The molecule has 2 aromatic rings. The fourth-order valence-electron chi connectivity index (χ4n) is 2.89. The monoisotopic (exact) mass is 386 g/mol. The Morgan fingerprint density at radius 2 is 1.63 bits per heavy atom. The second-order valence-corrected chi connectivity index (χ2v) is 6.50. The lowest BCUT2D eigenvalue weighted by Gasteiger charge is -2.18. The molecule has 0 bridgehead atoms. The van der Waals surface area contributed by atoms with E-state index >= 15 is 0 Å². The van der Waals surface area contributed by atoms with Crippen molar-refractivity contribution in [2.75, 3.05) is 38.1 Å². The predicted molar refractivity (Wildman–Crippen MR) is 106 cm³/mol. The fraction of sp³-hybridized carbons (Fsp3) is 0.200. The quantitative estimate of drug-likeness (QED) is 0.738. The number of hydrogen-bond acceptors (Lipinski definition) is 5. The number of halogens is 1. The summed E-state index contributed by atoms with van der Waals surface area (Å²) in [6, 6.07) is 12.1. The fourth-order valence-corrected chi connectivity index (χ4v) is 3.16. The Balaban J connectivity index is 2.04. The van der Waals surface area contributed by atoms with E-state index in [1.54, 1.807) is 36.4 Å². The number of ether oxygens (including phenoxy) is 2. The van der Waals surface area contributed by atoms with Gasteiger partial charge in [0.2, 0.25) is 0 Å². The molecule has 0 aromatic heterocycles. The summed E-state index contributed by atoms with van der Waals surface area (Å²) < 4.78 is 10.5. The van der Waals surface area contributed by atoms with Gasteiger partial charge in [0.25, 0.3) is 11.8 Å². The van der Waals surface area contributed by atoms with Gasteiger partial charge in [0.1, 0.15) is 5.03 Å². The summed E-state index contributed by atoms with van der Waals surface area (Å²) >= 11 is 6.26. The van der Waals surface area contributed by atoms with Gasteiger partial charge in [-0.2, -0.15) is 0 Å². The van der Waals surface area contributed by atoms with Gasteiger partial charge in [-0.3, -0.25) is 9.59 Å². The van der Waals surface area contributed by atoms with Gasteiger partial charge in [0, 0.05) is 19.8 Å². The smallest absolute Gasteiger partial charge is 0.277 e. The number of amides is 2. The lowest BCUT2D eigenvalue weighted by molar-refractivity contribution is -0.119. The first kappa shape index (κ1) is 18.8. The van der Waals surface area contributed by atoms with Crippen LogP contribution in [-0.2, 0) is 9.59 Å². The van der Waals surface area contributed by atoms with E-state index in [4.69, 9.17) is 21.1 Å². The highest BCUT2D eigenvalue weighted by Gasteiger charge is 2.39. The van der Waals surface area contributed by atoms with Crippen molar-refractivity contribution in [2.24, 2.45) is 0 Å². The van der Waals surface area contributed by atoms with E-state index in [2.05, 4.69) is 0 Å². The highest BCUT2D eigenvalue weighted by Crippen LogP contribution is 2.38. The molecule has 2 aromatic carbocycles. The standard InChI is InChI=1S/C20H19ClN2O4/c1-22(2)13-6-5-7-14(11-13)23-19(24)17(18(21)20(23)25)12-8-9-15(26-3)16(10-12)27-4/h5-11H,1-4H3. The molecule has 0 saturated carbocycles. The number of carbonyl (C=O) groups excluding carboxylic acids is 2. The van der Waals surface area contributed by atoms with Crippen LogP contribution >= 0.6 is 11.6 Å². The van der Waals surface area contributed by atoms with Gasteiger partial charge < -0.3 is 14.4 Å². The van der Waals surface area contributed by atoms with Crippen molar-refractivity contribution >= 4 is 40.4 Å². The molecule has 7 heteroatoms. The molecule has 6 nitrogen and oxygen atoms in total. The van der Waals surface area contributed by atoms with E-state index in [9.17, 15) is 9.59 Å². The lowest BCUT2D eigenvalue weighted by Crippen LogP contribution is -2.31. The van der Waals surface area contributed by atoms with Crippen LogP contribution in [0.15, 0.2) is 47.5 Å². The van der Waals surface area contributed by atoms with Crippen molar-refractivity contribution in [2.45, 2.75) is 0 Å². The number of hydrogen-bond donors (Lipinski definition) is 0. The zero-order chi connectivity index (χ0) is 19.7. The zero-order valence-corrected chi connectivity index (χ0v) is 16.2. The average molecular weight is 387 g/mol. The number of methoxy groups -OCH3 is 2. The summed E-state index contributed by atoms with van der Waals surface area (Å²) in [5, 5.41) is -0.123. The molecule has 140 valence electrons. The first-order valence-corrected chi connectivity index (χ1v) is 8.55. The van der Waals surface area contributed by atoms with Crippen molar-refractivity contribution < 1.29 is 19.1 Å². The number of anilines is 2. The first-order valence-electron chi connectivity index (χ1n) is 8.17. The first-order chi connectivity index (χ1) is 12.9. The Bertz CT molecular complexity index is 953. The second-order valence-electron chi connectivity index (χ2n) is 6.12. The van der Waals surface area contributed by atoms with Crippen LogP contribution in [0, 0.1) is 0 Å². The highest BCUT2D eigenvalue weighted by atomic mass is 35.5. The molecule has 0 fully saturated rings. The molecule has 1 aliphatic rings. The minimum atomic E-state index is -0.553. The molecule has 1 aliphatic heterocycles. The predicted octanol–water partition coefficient (Wildman–Crippen LogP) is 3.29. The maximum absolute atomic E-state index is 13.0. The van der Waals surface area contributed by atoms with Crippen LogP contribution in [0.3, 0.4) is 0 Å². The summed E-state index contributed by atoms with van der Waals surface area (Å²) in [6.45, 7) is 0. The minimum absolute atomic E-state index is 0.123. The summed E-state index contributed by atoms with van der Waals surface area (Å²) in [6.07, 6.45) is 0. The summed E-state index contributed by atoms with van der Waals surface area (Å²) in [5.41, 5.74) is 1.95. The van der Waals surface area contributed by atoms with E-state index < -0.39 is 11.8 Å². The van der Waals surface area contributed by atoms with Crippen LogP contribution < -0.4 is 19.3 Å². The third-order valence-electron chi connectivity index (χ3n) is 4.30. The van der Waals surface area contributed by atoms with Crippen molar-refractivity contribution in [3.63, 3.8) is 0 Å². The molecule has 0 atom stereocenters. The summed E-state index contributed by atoms with van der Waals surface area (Å²) in [4.78, 5) is 28.7. The molecule has 0 N–H and O–H groups in total. The maximum Gasteiger partial charge on any atom is 0.277 e. The normalized spacial score (nSPS) is 14.0. The van der Waals surface area contributed by atoms with Crippen LogP contribution in [0.2, 0.25) is 0 Å². The Morgan fingerprint density at radius 1 is 0.926 bits per heavy atom. The van der Waals surface area contributed by atoms with Crippen molar-refractivity contribution in [3.05, 3.63) is 53.1 Å². The van der Waals surface area contributed by atoms with Crippen LogP contribution in [0.4, 0.5) is 11.4 Å². The van der Waals surface area contributed by atoms with Gasteiger partial charge in [-0.05, 0) is 35.9 Å². The van der Waals surface area contributed by atoms with Gasteiger partial charge in [0.05, 0.1) is 25.5 Å².